The second-order valence-corrected chi connectivity index (χ2v) is 4.79. The van der Waals surface area contributed by atoms with Crippen molar-refractivity contribution in [1.82, 2.24) is 0 Å². The predicted molar refractivity (Wildman–Crippen MR) is 78.1 cm³/mol. The van der Waals surface area contributed by atoms with Gasteiger partial charge in [0.1, 0.15) is 5.82 Å². The van der Waals surface area contributed by atoms with Crippen LogP contribution in [0.2, 0.25) is 5.02 Å². The Kier molecular flexibility index (Phi) is 4.20. The lowest BCUT2D eigenvalue weighted by molar-refractivity contribution is -0.130. The third-order valence-corrected chi connectivity index (χ3v) is 3.30. The molecule has 1 N–H and O–H groups in total. The lowest BCUT2D eigenvalue weighted by Gasteiger charge is -2.06. The lowest BCUT2D eigenvalue weighted by atomic mass is 10.0. The normalized spacial score (nSPS) is 11.4. The average Bonchev–Trinajstić information content (AvgIpc) is 2.41. The summed E-state index contributed by atoms with van der Waals surface area (Å²) in [5.74, 6) is -1.42. The average molecular weight is 291 g/mol. The summed E-state index contributed by atoms with van der Waals surface area (Å²) in [6, 6.07) is 10.7. The molecule has 102 valence electrons. The molecular formula is C16H12ClFO2. The highest BCUT2D eigenvalue weighted by atomic mass is 35.5. The highest BCUT2D eigenvalue weighted by Crippen LogP contribution is 2.24. The number of benzene rings is 2. The largest absolute Gasteiger partial charge is 0.478 e. The zero-order valence-corrected chi connectivity index (χ0v) is 11.5. The van der Waals surface area contributed by atoms with Gasteiger partial charge < -0.3 is 5.11 Å². The third kappa shape index (κ3) is 3.25. The predicted octanol–water partition coefficient (Wildman–Crippen LogP) is 4.41. The van der Waals surface area contributed by atoms with Crippen LogP contribution in [0.3, 0.4) is 0 Å². The van der Waals surface area contributed by atoms with Gasteiger partial charge in [0.2, 0.25) is 0 Å². The number of hydrogen-bond acceptors (Lipinski definition) is 1. The maximum atomic E-state index is 12.8. The summed E-state index contributed by atoms with van der Waals surface area (Å²) < 4.78 is 12.8. The summed E-state index contributed by atoms with van der Waals surface area (Å²) in [6.07, 6.45) is 1.49. The van der Waals surface area contributed by atoms with Gasteiger partial charge in [0.15, 0.2) is 0 Å². The Hall–Kier alpha value is -2.13. The van der Waals surface area contributed by atoms with E-state index in [0.29, 0.717) is 16.1 Å². The van der Waals surface area contributed by atoms with Crippen molar-refractivity contribution in [3.8, 4) is 0 Å². The summed E-state index contributed by atoms with van der Waals surface area (Å²) in [7, 11) is 0. The van der Waals surface area contributed by atoms with Crippen LogP contribution < -0.4 is 0 Å². The van der Waals surface area contributed by atoms with E-state index < -0.39 is 5.97 Å². The van der Waals surface area contributed by atoms with Crippen LogP contribution in [0.25, 0.3) is 11.6 Å². The smallest absolute Gasteiger partial charge is 0.336 e. The Balaban J connectivity index is 2.48. The van der Waals surface area contributed by atoms with Crippen LogP contribution in [0.15, 0.2) is 42.5 Å². The summed E-state index contributed by atoms with van der Waals surface area (Å²) in [5.41, 5.74) is 2.11. The topological polar surface area (TPSA) is 37.3 Å². The summed E-state index contributed by atoms with van der Waals surface area (Å²) in [6.45, 7) is 1.84. The fourth-order valence-electron chi connectivity index (χ4n) is 1.75. The van der Waals surface area contributed by atoms with Crippen LogP contribution in [0.1, 0.15) is 16.7 Å². The Morgan fingerprint density at radius 1 is 1.20 bits per heavy atom. The Bertz CT molecular complexity index is 675. The Morgan fingerprint density at radius 2 is 1.85 bits per heavy atom. The van der Waals surface area contributed by atoms with Crippen molar-refractivity contribution in [3.05, 3.63) is 70.0 Å². The van der Waals surface area contributed by atoms with E-state index in [1.54, 1.807) is 18.2 Å². The maximum Gasteiger partial charge on any atom is 0.336 e. The number of carboxylic acid groups (broad SMARTS) is 1. The second kappa shape index (κ2) is 5.88. The van der Waals surface area contributed by atoms with Gasteiger partial charge in [-0.15, -0.1) is 0 Å². The van der Waals surface area contributed by atoms with Crippen LogP contribution in [0.4, 0.5) is 4.39 Å². The van der Waals surface area contributed by atoms with E-state index in [-0.39, 0.29) is 11.4 Å². The van der Waals surface area contributed by atoms with Crippen molar-refractivity contribution in [1.29, 1.82) is 0 Å². The zero-order chi connectivity index (χ0) is 14.7. The quantitative estimate of drug-likeness (QED) is 0.671. The molecule has 0 amide bonds. The molecule has 2 aromatic rings. The molecule has 0 spiro atoms. The minimum absolute atomic E-state index is 0.110. The van der Waals surface area contributed by atoms with Gasteiger partial charge in [-0.05, 0) is 47.9 Å². The van der Waals surface area contributed by atoms with Gasteiger partial charge in [-0.1, -0.05) is 35.9 Å². The Labute approximate surface area is 121 Å². The van der Waals surface area contributed by atoms with Crippen molar-refractivity contribution >= 4 is 29.2 Å². The number of aryl methyl sites for hydroxylation is 1. The van der Waals surface area contributed by atoms with Crippen molar-refractivity contribution in [2.45, 2.75) is 6.92 Å². The number of halogens is 2. The minimum atomic E-state index is -1.06. The van der Waals surface area contributed by atoms with E-state index >= 15 is 0 Å². The molecule has 0 aromatic heterocycles. The maximum absolute atomic E-state index is 12.8. The van der Waals surface area contributed by atoms with E-state index in [1.807, 2.05) is 6.92 Å². The van der Waals surface area contributed by atoms with Gasteiger partial charge in [-0.3, -0.25) is 0 Å². The summed E-state index contributed by atoms with van der Waals surface area (Å²) in [4.78, 5) is 11.4. The molecule has 2 rings (SSSR count). The van der Waals surface area contributed by atoms with Gasteiger partial charge in [-0.2, -0.15) is 0 Å². The van der Waals surface area contributed by atoms with E-state index in [4.69, 9.17) is 11.6 Å². The molecule has 4 heteroatoms. The number of rotatable bonds is 3. The van der Waals surface area contributed by atoms with E-state index in [1.165, 1.54) is 30.3 Å². The standard InChI is InChI=1S/C16H12ClFO2/c1-10-2-5-12(9-15(10)17)14(16(19)20)8-11-3-6-13(18)7-4-11/h2-9H,1H3,(H,19,20)/b14-8-. The number of carbonyl (C=O) groups is 1. The van der Waals surface area contributed by atoms with Crippen LogP contribution in [-0.2, 0) is 4.79 Å². The molecule has 20 heavy (non-hydrogen) atoms. The second-order valence-electron chi connectivity index (χ2n) is 4.38. The SMILES string of the molecule is Cc1ccc(/C(=C/c2ccc(F)cc2)C(=O)O)cc1Cl. The summed E-state index contributed by atoms with van der Waals surface area (Å²) in [5, 5.41) is 9.83. The van der Waals surface area contributed by atoms with Crippen LogP contribution in [-0.4, -0.2) is 11.1 Å². The molecule has 0 aliphatic heterocycles. The molecule has 2 nitrogen and oxygen atoms in total. The van der Waals surface area contributed by atoms with Gasteiger partial charge in [0.25, 0.3) is 0 Å². The molecule has 0 unspecified atom stereocenters. The fourth-order valence-corrected chi connectivity index (χ4v) is 1.94. The monoisotopic (exact) mass is 290 g/mol. The molecule has 0 heterocycles. The van der Waals surface area contributed by atoms with Gasteiger partial charge in [0, 0.05) is 5.02 Å². The molecule has 2 aromatic carbocycles. The lowest BCUT2D eigenvalue weighted by Crippen LogP contribution is -2.00. The van der Waals surface area contributed by atoms with Crippen LogP contribution in [0, 0.1) is 12.7 Å². The van der Waals surface area contributed by atoms with Gasteiger partial charge in [0.05, 0.1) is 5.57 Å². The molecule has 0 aliphatic rings. The number of carboxylic acids is 1. The molecule has 0 radical (unpaired) electrons. The first kappa shape index (κ1) is 14.3. The van der Waals surface area contributed by atoms with Crippen molar-refractivity contribution < 1.29 is 14.3 Å². The number of hydrogen-bond donors (Lipinski definition) is 1. The molecule has 0 fully saturated rings. The number of aliphatic carboxylic acids is 1. The molecule has 0 saturated heterocycles. The molecule has 0 bridgehead atoms. The van der Waals surface area contributed by atoms with Crippen molar-refractivity contribution in [2.75, 3.05) is 0 Å². The van der Waals surface area contributed by atoms with Gasteiger partial charge >= 0.3 is 5.97 Å². The summed E-state index contributed by atoms with van der Waals surface area (Å²) >= 11 is 6.02. The van der Waals surface area contributed by atoms with E-state index in [2.05, 4.69) is 0 Å². The first-order valence-corrected chi connectivity index (χ1v) is 6.32. The highest BCUT2D eigenvalue weighted by molar-refractivity contribution is 6.32. The minimum Gasteiger partial charge on any atom is -0.478 e. The van der Waals surface area contributed by atoms with E-state index in [0.717, 1.165) is 5.56 Å². The molecule has 0 aliphatic carbocycles. The van der Waals surface area contributed by atoms with Crippen LogP contribution >= 0.6 is 11.6 Å². The molecule has 0 atom stereocenters. The highest BCUT2D eigenvalue weighted by Gasteiger charge is 2.11. The molecular weight excluding hydrogens is 279 g/mol. The Morgan fingerprint density at radius 3 is 2.40 bits per heavy atom. The van der Waals surface area contributed by atoms with E-state index in [9.17, 15) is 14.3 Å². The van der Waals surface area contributed by atoms with Gasteiger partial charge in [-0.25, -0.2) is 9.18 Å². The van der Waals surface area contributed by atoms with Crippen LogP contribution in [0.5, 0.6) is 0 Å². The first-order chi connectivity index (χ1) is 9.47. The first-order valence-electron chi connectivity index (χ1n) is 5.94. The molecule has 0 saturated carbocycles. The fraction of sp³-hybridized carbons (Fsp3) is 0.0625. The third-order valence-electron chi connectivity index (χ3n) is 2.89. The van der Waals surface area contributed by atoms with Crippen molar-refractivity contribution in [2.24, 2.45) is 0 Å². The zero-order valence-electron chi connectivity index (χ0n) is 10.7. The van der Waals surface area contributed by atoms with Crippen molar-refractivity contribution in [3.63, 3.8) is 0 Å².